The van der Waals surface area contributed by atoms with E-state index in [4.69, 9.17) is 9.47 Å². The molecule has 0 atom stereocenters. The second-order valence-electron chi connectivity index (χ2n) is 7.65. The number of hydrogen-bond acceptors (Lipinski definition) is 9. The highest BCUT2D eigenvalue weighted by Crippen LogP contribution is 2.39. The van der Waals surface area contributed by atoms with E-state index in [1.54, 1.807) is 31.5 Å². The predicted molar refractivity (Wildman–Crippen MR) is 132 cm³/mol. The van der Waals surface area contributed by atoms with Gasteiger partial charge < -0.3 is 14.8 Å². The van der Waals surface area contributed by atoms with Crippen molar-refractivity contribution in [2.45, 2.75) is 44.6 Å². The molecule has 1 N–H and O–H groups in total. The number of anilines is 1. The molecule has 0 bridgehead atoms. The molecule has 1 aliphatic carbocycles. The van der Waals surface area contributed by atoms with Crippen molar-refractivity contribution in [3.8, 4) is 0 Å². The fraction of sp³-hybridized carbons (Fsp3) is 0.375. The number of benzene rings is 1. The van der Waals surface area contributed by atoms with Gasteiger partial charge in [-0.1, -0.05) is 11.8 Å². The van der Waals surface area contributed by atoms with Gasteiger partial charge in [0.2, 0.25) is 5.91 Å². The van der Waals surface area contributed by atoms with Crippen LogP contribution in [0.4, 0.5) is 5.69 Å². The van der Waals surface area contributed by atoms with Crippen molar-refractivity contribution in [2.75, 3.05) is 24.3 Å². The summed E-state index contributed by atoms with van der Waals surface area (Å²) in [6.45, 7) is 3.78. The quantitative estimate of drug-likeness (QED) is 0.271. The number of aryl methyl sites for hydroxylation is 2. The topological polar surface area (TPSA) is 107 Å². The molecule has 2 heterocycles. The number of amides is 1. The monoisotopic (exact) mass is 499 g/mol. The smallest absolute Gasteiger partial charge is 0.338 e. The Kier molecular flexibility index (Phi) is 7.79. The summed E-state index contributed by atoms with van der Waals surface area (Å²) >= 11 is 3.07. The zero-order valence-corrected chi connectivity index (χ0v) is 20.6. The molecule has 1 aromatic carbocycles. The summed E-state index contributed by atoms with van der Waals surface area (Å²) in [6.07, 6.45) is 5.97. The third kappa shape index (κ3) is 5.39. The van der Waals surface area contributed by atoms with Gasteiger partial charge in [0.25, 0.3) is 0 Å². The van der Waals surface area contributed by atoms with E-state index in [0.717, 1.165) is 34.5 Å². The number of hydrogen-bond donors (Lipinski definition) is 1. The van der Waals surface area contributed by atoms with Crippen LogP contribution in [0.1, 0.15) is 57.8 Å². The molecule has 2 aromatic heterocycles. The SMILES string of the molecule is CCOC(=O)c1cc(NC(=O)CSc2ncnc3sc4c(c23)CCCC4)cc(C(=O)OCC)c1. The first-order valence-corrected chi connectivity index (χ1v) is 13.0. The molecular formula is C24H25N3O5S2. The van der Waals surface area contributed by atoms with Crippen LogP contribution in [-0.2, 0) is 27.1 Å². The van der Waals surface area contributed by atoms with Crippen molar-refractivity contribution in [3.63, 3.8) is 0 Å². The van der Waals surface area contributed by atoms with Crippen LogP contribution in [0.25, 0.3) is 10.2 Å². The average molecular weight is 500 g/mol. The summed E-state index contributed by atoms with van der Waals surface area (Å²) < 4.78 is 10.1. The van der Waals surface area contributed by atoms with Crippen LogP contribution in [0.2, 0.25) is 0 Å². The molecule has 178 valence electrons. The van der Waals surface area contributed by atoms with Gasteiger partial charge in [-0.15, -0.1) is 11.3 Å². The summed E-state index contributed by atoms with van der Waals surface area (Å²) in [7, 11) is 0. The fourth-order valence-corrected chi connectivity index (χ4v) is 5.99. The molecule has 3 aromatic rings. The first kappa shape index (κ1) is 24.2. The fourth-order valence-electron chi connectivity index (χ4n) is 3.87. The minimum atomic E-state index is -0.580. The number of esters is 2. The Hall–Kier alpha value is -2.98. The Morgan fingerprint density at radius 2 is 1.68 bits per heavy atom. The van der Waals surface area contributed by atoms with Gasteiger partial charge in [-0.3, -0.25) is 4.79 Å². The number of carbonyl (C=O) groups excluding carboxylic acids is 3. The molecule has 10 heteroatoms. The second-order valence-corrected chi connectivity index (χ2v) is 9.69. The molecule has 1 amide bonds. The summed E-state index contributed by atoms with van der Waals surface area (Å²) in [6, 6.07) is 4.38. The Labute approximate surface area is 205 Å². The second kappa shape index (κ2) is 11.0. The standard InChI is InChI=1S/C24H25N3O5S2/c1-3-31-23(29)14-9-15(24(30)32-4-2)11-16(10-14)27-19(28)12-33-21-20-17-7-5-6-8-18(17)34-22(20)26-13-25-21/h9-11,13H,3-8,12H2,1-2H3,(H,27,28). The van der Waals surface area contributed by atoms with Crippen LogP contribution in [0.5, 0.6) is 0 Å². The molecule has 4 rings (SSSR count). The van der Waals surface area contributed by atoms with E-state index in [2.05, 4.69) is 15.3 Å². The van der Waals surface area contributed by atoms with Gasteiger partial charge in [0, 0.05) is 16.0 Å². The molecule has 8 nitrogen and oxygen atoms in total. The predicted octanol–water partition coefficient (Wildman–Crippen LogP) is 4.65. The van der Waals surface area contributed by atoms with E-state index in [1.165, 1.54) is 46.8 Å². The highest BCUT2D eigenvalue weighted by atomic mass is 32.2. The number of fused-ring (bicyclic) bond motifs is 3. The van der Waals surface area contributed by atoms with E-state index in [1.807, 2.05) is 0 Å². The number of aromatic nitrogens is 2. The van der Waals surface area contributed by atoms with E-state index in [0.29, 0.717) is 5.69 Å². The Bertz CT molecular complexity index is 1200. The summed E-state index contributed by atoms with van der Waals surface area (Å²) in [5.41, 5.74) is 1.96. The normalized spacial score (nSPS) is 12.8. The third-order valence-electron chi connectivity index (χ3n) is 5.30. The molecular weight excluding hydrogens is 474 g/mol. The van der Waals surface area contributed by atoms with Gasteiger partial charge in [-0.25, -0.2) is 19.6 Å². The lowest BCUT2D eigenvalue weighted by atomic mass is 9.97. The average Bonchev–Trinajstić information content (AvgIpc) is 3.22. The zero-order valence-electron chi connectivity index (χ0n) is 19.0. The van der Waals surface area contributed by atoms with Crippen LogP contribution in [0.3, 0.4) is 0 Å². The third-order valence-corrected chi connectivity index (χ3v) is 7.48. The molecule has 1 aliphatic rings. The van der Waals surface area contributed by atoms with Crippen molar-refractivity contribution in [1.82, 2.24) is 9.97 Å². The van der Waals surface area contributed by atoms with Gasteiger partial charge in [0.1, 0.15) is 16.2 Å². The van der Waals surface area contributed by atoms with E-state index >= 15 is 0 Å². The molecule has 34 heavy (non-hydrogen) atoms. The van der Waals surface area contributed by atoms with Crippen molar-refractivity contribution < 1.29 is 23.9 Å². The summed E-state index contributed by atoms with van der Waals surface area (Å²) in [4.78, 5) is 48.4. The number of nitrogens with one attached hydrogen (secondary N) is 1. The van der Waals surface area contributed by atoms with Gasteiger partial charge >= 0.3 is 11.9 Å². The number of carbonyl (C=O) groups is 3. The van der Waals surface area contributed by atoms with Crippen LogP contribution in [0.15, 0.2) is 29.6 Å². The van der Waals surface area contributed by atoms with Crippen molar-refractivity contribution in [2.24, 2.45) is 0 Å². The minimum Gasteiger partial charge on any atom is -0.462 e. The molecule has 0 spiro atoms. The van der Waals surface area contributed by atoms with E-state index < -0.39 is 11.9 Å². The largest absolute Gasteiger partial charge is 0.462 e. The molecule has 0 saturated heterocycles. The Morgan fingerprint density at radius 3 is 2.35 bits per heavy atom. The van der Waals surface area contributed by atoms with Gasteiger partial charge in [0.05, 0.1) is 30.1 Å². The van der Waals surface area contributed by atoms with Crippen LogP contribution in [-0.4, -0.2) is 46.8 Å². The Balaban J connectivity index is 1.51. The van der Waals surface area contributed by atoms with Crippen molar-refractivity contribution in [1.29, 1.82) is 0 Å². The maximum atomic E-state index is 12.8. The number of rotatable bonds is 8. The van der Waals surface area contributed by atoms with Gasteiger partial charge in [0.15, 0.2) is 0 Å². The minimum absolute atomic E-state index is 0.120. The van der Waals surface area contributed by atoms with Crippen LogP contribution >= 0.6 is 23.1 Å². The van der Waals surface area contributed by atoms with Crippen LogP contribution < -0.4 is 5.32 Å². The lowest BCUT2D eigenvalue weighted by molar-refractivity contribution is -0.113. The van der Waals surface area contributed by atoms with Gasteiger partial charge in [-0.05, 0) is 63.3 Å². The summed E-state index contributed by atoms with van der Waals surface area (Å²) in [5, 5.41) is 4.64. The maximum absolute atomic E-state index is 12.8. The lowest BCUT2D eigenvalue weighted by Crippen LogP contribution is -2.16. The number of nitrogens with zero attached hydrogens (tertiary/aromatic N) is 2. The first-order chi connectivity index (χ1) is 16.5. The van der Waals surface area contributed by atoms with E-state index in [-0.39, 0.29) is 36.0 Å². The number of thiophene rings is 1. The summed E-state index contributed by atoms with van der Waals surface area (Å²) in [5.74, 6) is -1.32. The lowest BCUT2D eigenvalue weighted by Gasteiger charge is -2.12. The maximum Gasteiger partial charge on any atom is 0.338 e. The molecule has 0 radical (unpaired) electrons. The zero-order chi connectivity index (χ0) is 24.1. The first-order valence-electron chi connectivity index (χ1n) is 11.2. The highest BCUT2D eigenvalue weighted by Gasteiger charge is 2.21. The molecule has 0 saturated carbocycles. The van der Waals surface area contributed by atoms with Gasteiger partial charge in [-0.2, -0.15) is 0 Å². The van der Waals surface area contributed by atoms with Crippen molar-refractivity contribution >= 4 is 56.8 Å². The Morgan fingerprint density at radius 1 is 1.00 bits per heavy atom. The molecule has 0 aliphatic heterocycles. The molecule has 0 unspecified atom stereocenters. The molecule has 0 fully saturated rings. The number of ether oxygens (including phenoxy) is 2. The van der Waals surface area contributed by atoms with Crippen LogP contribution in [0, 0.1) is 0 Å². The van der Waals surface area contributed by atoms with Crippen molar-refractivity contribution in [3.05, 3.63) is 46.1 Å². The highest BCUT2D eigenvalue weighted by molar-refractivity contribution is 8.00. The number of thioether (sulfide) groups is 1. The van der Waals surface area contributed by atoms with E-state index in [9.17, 15) is 14.4 Å².